The van der Waals surface area contributed by atoms with Crippen molar-refractivity contribution < 1.29 is 4.39 Å². The highest BCUT2D eigenvalue weighted by atomic mass is 32.2. The molecule has 5 nitrogen and oxygen atoms in total. The molecule has 0 bridgehead atoms. The normalized spacial score (nSPS) is 16.4. The molecule has 0 atom stereocenters. The molecule has 0 spiro atoms. The average molecular weight is 297 g/mol. The van der Waals surface area contributed by atoms with Gasteiger partial charge in [0.05, 0.1) is 17.1 Å². The van der Waals surface area contributed by atoms with E-state index in [1.165, 1.54) is 17.3 Å². The quantitative estimate of drug-likeness (QED) is 0.563. The lowest BCUT2D eigenvalue weighted by Crippen LogP contribution is -2.35. The van der Waals surface area contributed by atoms with E-state index in [9.17, 15) is 4.39 Å². The minimum absolute atomic E-state index is 0.194. The lowest BCUT2D eigenvalue weighted by atomic mass is 10.2. The molecule has 1 fully saturated rings. The van der Waals surface area contributed by atoms with E-state index < -0.39 is 0 Å². The van der Waals surface area contributed by atoms with Gasteiger partial charge in [0.1, 0.15) is 5.82 Å². The number of thioether (sulfide) groups is 1. The maximum atomic E-state index is 14.3. The van der Waals surface area contributed by atoms with Crippen LogP contribution in [0.1, 0.15) is 0 Å². The van der Waals surface area contributed by atoms with Crippen LogP contribution in [0.5, 0.6) is 0 Å². The monoisotopic (exact) mass is 297 g/mol. The van der Waals surface area contributed by atoms with Gasteiger partial charge in [-0.25, -0.2) is 10.2 Å². The fourth-order valence-corrected chi connectivity index (χ4v) is 3.02. The second-order valence-electron chi connectivity index (χ2n) is 4.47. The maximum Gasteiger partial charge on any atom is 0.148 e. The summed E-state index contributed by atoms with van der Waals surface area (Å²) in [7, 11) is 0. The van der Waals surface area contributed by atoms with Crippen LogP contribution in [0.15, 0.2) is 30.1 Å². The molecule has 1 aromatic rings. The van der Waals surface area contributed by atoms with Gasteiger partial charge in [-0.3, -0.25) is 5.01 Å². The molecule has 1 heterocycles. The first-order valence-electron chi connectivity index (χ1n) is 6.45. The van der Waals surface area contributed by atoms with Gasteiger partial charge in [-0.05, 0) is 12.1 Å². The van der Waals surface area contributed by atoms with Crippen LogP contribution in [-0.4, -0.2) is 31.1 Å². The lowest BCUT2D eigenvalue weighted by molar-refractivity contribution is 0.619. The second kappa shape index (κ2) is 6.83. The smallest absolute Gasteiger partial charge is 0.148 e. The molecule has 0 amide bonds. The number of nitrogens with two attached hydrogens (primary N) is 3. The van der Waals surface area contributed by atoms with E-state index in [0.29, 0.717) is 17.1 Å². The third-order valence-electron chi connectivity index (χ3n) is 3.27. The maximum absolute atomic E-state index is 14.3. The largest absolute Gasteiger partial charge is 0.403 e. The number of anilines is 2. The molecular weight excluding hydrogens is 277 g/mol. The highest BCUT2D eigenvalue weighted by Gasteiger charge is 2.16. The Kier molecular flexibility index (Phi) is 5.11. The molecule has 0 radical (unpaired) electrons. The number of hydrazine groups is 1. The van der Waals surface area contributed by atoms with E-state index >= 15 is 0 Å². The third-order valence-corrected chi connectivity index (χ3v) is 4.21. The van der Waals surface area contributed by atoms with E-state index in [2.05, 4.69) is 4.90 Å². The number of hydrogen-bond acceptors (Lipinski definition) is 6. The first kappa shape index (κ1) is 15.0. The average Bonchev–Trinajstić information content (AvgIpc) is 2.49. The molecule has 0 aromatic heterocycles. The molecule has 1 saturated heterocycles. The topological polar surface area (TPSA) is 84.5 Å². The van der Waals surface area contributed by atoms with Crippen molar-refractivity contribution in [3.05, 3.63) is 35.9 Å². The van der Waals surface area contributed by atoms with Crippen LogP contribution >= 0.6 is 11.8 Å². The summed E-state index contributed by atoms with van der Waals surface area (Å²) in [5, 5.41) is 1.30. The Hall–Kier alpha value is -1.44. The van der Waals surface area contributed by atoms with Crippen molar-refractivity contribution in [3.63, 3.8) is 0 Å². The number of halogens is 1. The SMILES string of the molecule is N/C=C(/CN)N(N)c1ccc(N2CCSCC2)c(F)c1. The number of nitrogens with zero attached hydrogens (tertiary/aromatic N) is 2. The first-order valence-corrected chi connectivity index (χ1v) is 7.60. The van der Waals surface area contributed by atoms with Crippen molar-refractivity contribution in [2.24, 2.45) is 17.3 Å². The zero-order valence-electron chi connectivity index (χ0n) is 11.3. The summed E-state index contributed by atoms with van der Waals surface area (Å²) in [5.41, 5.74) is 12.7. The molecule has 6 N–H and O–H groups in total. The summed E-state index contributed by atoms with van der Waals surface area (Å²) in [4.78, 5) is 2.05. The molecule has 0 aliphatic carbocycles. The predicted molar refractivity (Wildman–Crippen MR) is 83.9 cm³/mol. The molecule has 2 rings (SSSR count). The van der Waals surface area contributed by atoms with E-state index in [4.69, 9.17) is 17.3 Å². The standard InChI is InChI=1S/C13H20FN5S/c14-12-7-10(19(17)11(8-15)9-16)1-2-13(12)18-3-5-20-6-4-18/h1-2,7-8H,3-6,9,15-17H2/b11-8-. The van der Waals surface area contributed by atoms with E-state index in [1.807, 2.05) is 11.8 Å². The Morgan fingerprint density at radius 1 is 1.40 bits per heavy atom. The van der Waals surface area contributed by atoms with Crippen molar-refractivity contribution in [2.45, 2.75) is 0 Å². The van der Waals surface area contributed by atoms with Crippen molar-refractivity contribution in [3.8, 4) is 0 Å². The van der Waals surface area contributed by atoms with Crippen molar-refractivity contribution in [1.29, 1.82) is 0 Å². The van der Waals surface area contributed by atoms with Gasteiger partial charge in [-0.2, -0.15) is 11.8 Å². The predicted octanol–water partition coefficient (Wildman–Crippen LogP) is 0.818. The van der Waals surface area contributed by atoms with Crippen LogP contribution in [0.3, 0.4) is 0 Å². The molecule has 0 saturated carbocycles. The zero-order valence-corrected chi connectivity index (χ0v) is 12.1. The summed E-state index contributed by atoms with van der Waals surface area (Å²) in [6, 6.07) is 4.95. The number of rotatable bonds is 4. The fraction of sp³-hybridized carbons (Fsp3) is 0.385. The lowest BCUT2D eigenvalue weighted by Gasteiger charge is -2.29. The Morgan fingerprint density at radius 2 is 2.10 bits per heavy atom. The molecule has 1 aliphatic rings. The summed E-state index contributed by atoms with van der Waals surface area (Å²) in [6.07, 6.45) is 1.33. The van der Waals surface area contributed by atoms with Gasteiger partial charge in [0.25, 0.3) is 0 Å². The molecule has 1 aromatic carbocycles. The Morgan fingerprint density at radius 3 is 2.65 bits per heavy atom. The third kappa shape index (κ3) is 3.17. The molecule has 20 heavy (non-hydrogen) atoms. The molecule has 110 valence electrons. The van der Waals surface area contributed by atoms with Gasteiger partial charge in [-0.1, -0.05) is 0 Å². The van der Waals surface area contributed by atoms with Gasteiger partial charge >= 0.3 is 0 Å². The van der Waals surface area contributed by atoms with Gasteiger partial charge in [0, 0.05) is 43.4 Å². The number of hydrogen-bond donors (Lipinski definition) is 3. The van der Waals surface area contributed by atoms with Crippen LogP contribution in [0, 0.1) is 5.82 Å². The van der Waals surface area contributed by atoms with Crippen molar-refractivity contribution in [1.82, 2.24) is 0 Å². The first-order chi connectivity index (χ1) is 9.67. The zero-order chi connectivity index (χ0) is 14.5. The molecule has 7 heteroatoms. The van der Waals surface area contributed by atoms with Crippen molar-refractivity contribution in [2.75, 3.05) is 41.0 Å². The van der Waals surface area contributed by atoms with E-state index in [-0.39, 0.29) is 12.4 Å². The van der Waals surface area contributed by atoms with Crippen LogP contribution in [-0.2, 0) is 0 Å². The fourth-order valence-electron chi connectivity index (χ4n) is 2.12. The summed E-state index contributed by atoms with van der Waals surface area (Å²) in [5.74, 6) is 7.65. The molecular formula is C13H20FN5S. The van der Waals surface area contributed by atoms with E-state index in [1.54, 1.807) is 12.1 Å². The highest BCUT2D eigenvalue weighted by Crippen LogP contribution is 2.27. The van der Waals surface area contributed by atoms with Gasteiger partial charge < -0.3 is 16.4 Å². The molecule has 0 unspecified atom stereocenters. The van der Waals surface area contributed by atoms with Gasteiger partial charge in [0.2, 0.25) is 0 Å². The summed E-state index contributed by atoms with van der Waals surface area (Å²) in [6.45, 7) is 1.92. The Bertz CT molecular complexity index is 488. The van der Waals surface area contributed by atoms with Gasteiger partial charge in [-0.15, -0.1) is 0 Å². The summed E-state index contributed by atoms with van der Waals surface area (Å²) >= 11 is 1.89. The van der Waals surface area contributed by atoms with Crippen molar-refractivity contribution >= 4 is 23.1 Å². The van der Waals surface area contributed by atoms with Crippen LogP contribution in [0.4, 0.5) is 15.8 Å². The van der Waals surface area contributed by atoms with E-state index in [0.717, 1.165) is 24.6 Å². The minimum Gasteiger partial charge on any atom is -0.403 e. The minimum atomic E-state index is -0.279. The number of benzene rings is 1. The molecule has 1 aliphatic heterocycles. The van der Waals surface area contributed by atoms with Crippen LogP contribution in [0.25, 0.3) is 0 Å². The highest BCUT2D eigenvalue weighted by molar-refractivity contribution is 7.99. The van der Waals surface area contributed by atoms with Crippen LogP contribution in [0.2, 0.25) is 0 Å². The van der Waals surface area contributed by atoms with Crippen LogP contribution < -0.4 is 27.2 Å². The Balaban J connectivity index is 2.20. The second-order valence-corrected chi connectivity index (χ2v) is 5.69. The van der Waals surface area contributed by atoms with Gasteiger partial charge in [0.15, 0.2) is 0 Å². The summed E-state index contributed by atoms with van der Waals surface area (Å²) < 4.78 is 14.3. The Labute approximate surface area is 122 Å².